The fourth-order valence-corrected chi connectivity index (χ4v) is 1.95. The zero-order valence-electron chi connectivity index (χ0n) is 10.00. The first-order valence-electron chi connectivity index (χ1n) is 5.51. The predicted octanol–water partition coefficient (Wildman–Crippen LogP) is 2.40. The van der Waals surface area contributed by atoms with E-state index in [1.165, 1.54) is 12.3 Å². The monoisotopic (exact) mass is 255 g/mol. The molecular formula is C12H17NO3S. The van der Waals surface area contributed by atoms with Gasteiger partial charge in [0.15, 0.2) is 0 Å². The lowest BCUT2D eigenvalue weighted by atomic mass is 10.1. The lowest BCUT2D eigenvalue weighted by Crippen LogP contribution is -2.03. The molecule has 0 aromatic heterocycles. The molecule has 0 aliphatic heterocycles. The van der Waals surface area contributed by atoms with E-state index < -0.39 is 10.1 Å². The summed E-state index contributed by atoms with van der Waals surface area (Å²) in [4.78, 5) is 4.08. The second kappa shape index (κ2) is 5.93. The molecule has 0 fully saturated rings. The lowest BCUT2D eigenvalue weighted by molar-refractivity contribution is 0.483. The highest BCUT2D eigenvalue weighted by molar-refractivity contribution is 7.86. The highest BCUT2D eigenvalue weighted by Crippen LogP contribution is 2.13. The molecule has 0 amide bonds. The topological polar surface area (TPSA) is 66.7 Å². The molecule has 1 aromatic carbocycles. The van der Waals surface area contributed by atoms with Crippen molar-refractivity contribution in [2.45, 2.75) is 25.2 Å². The van der Waals surface area contributed by atoms with Gasteiger partial charge in [0.2, 0.25) is 0 Å². The van der Waals surface area contributed by atoms with Gasteiger partial charge < -0.3 is 0 Å². The molecule has 0 aliphatic carbocycles. The Bertz CT molecular complexity index is 494. The number of rotatable bonds is 5. The number of hydrogen-bond donors (Lipinski definition) is 1. The van der Waals surface area contributed by atoms with E-state index in [0.29, 0.717) is 18.0 Å². The Balaban J connectivity index is 2.92. The summed E-state index contributed by atoms with van der Waals surface area (Å²) in [6.07, 6.45) is 2.52. The Morgan fingerprint density at radius 2 is 2.06 bits per heavy atom. The van der Waals surface area contributed by atoms with Crippen LogP contribution in [0.2, 0.25) is 0 Å². The first kappa shape index (κ1) is 13.9. The van der Waals surface area contributed by atoms with Gasteiger partial charge in [0, 0.05) is 18.3 Å². The molecule has 5 heteroatoms. The Labute approximate surface area is 102 Å². The second-order valence-electron chi connectivity index (χ2n) is 4.02. The Kier molecular flexibility index (Phi) is 4.84. The Morgan fingerprint density at radius 3 is 2.65 bits per heavy atom. The quantitative estimate of drug-likeness (QED) is 0.649. The van der Waals surface area contributed by atoms with Crippen molar-refractivity contribution in [2.75, 3.05) is 6.54 Å². The van der Waals surface area contributed by atoms with E-state index in [9.17, 15) is 8.42 Å². The van der Waals surface area contributed by atoms with Crippen molar-refractivity contribution in [2.24, 2.45) is 10.9 Å². The van der Waals surface area contributed by atoms with Crippen LogP contribution in [0.5, 0.6) is 0 Å². The molecule has 1 rings (SSSR count). The molecule has 0 saturated heterocycles. The maximum absolute atomic E-state index is 11.1. The molecule has 0 bridgehead atoms. The van der Waals surface area contributed by atoms with Gasteiger partial charge in [-0.15, -0.1) is 0 Å². The van der Waals surface area contributed by atoms with Crippen LogP contribution in [-0.4, -0.2) is 25.7 Å². The van der Waals surface area contributed by atoms with Crippen LogP contribution >= 0.6 is 0 Å². The molecule has 0 saturated carbocycles. The van der Waals surface area contributed by atoms with E-state index in [1.807, 2.05) is 0 Å². The summed E-state index contributed by atoms with van der Waals surface area (Å²) in [5.74, 6) is 0.462. The second-order valence-corrected chi connectivity index (χ2v) is 5.41. The van der Waals surface area contributed by atoms with Crippen LogP contribution in [0.4, 0.5) is 0 Å². The number of aliphatic imine (C=N–C) groups is 1. The number of hydrogen-bond acceptors (Lipinski definition) is 3. The van der Waals surface area contributed by atoms with Crippen molar-refractivity contribution in [3.63, 3.8) is 0 Å². The third-order valence-electron chi connectivity index (χ3n) is 2.54. The minimum Gasteiger partial charge on any atom is -0.292 e. The summed E-state index contributed by atoms with van der Waals surface area (Å²) < 4.78 is 31.2. The fraction of sp³-hybridized carbons (Fsp3) is 0.417. The molecule has 0 spiro atoms. The van der Waals surface area contributed by atoms with E-state index in [1.54, 1.807) is 18.2 Å². The minimum absolute atomic E-state index is 0.104. The predicted molar refractivity (Wildman–Crippen MR) is 68.2 cm³/mol. The van der Waals surface area contributed by atoms with Gasteiger partial charge in [-0.3, -0.25) is 9.55 Å². The van der Waals surface area contributed by atoms with Crippen LogP contribution in [0.25, 0.3) is 0 Å². The summed E-state index contributed by atoms with van der Waals surface area (Å²) in [5, 5.41) is 0. The van der Waals surface area contributed by atoms with Crippen LogP contribution in [0.3, 0.4) is 0 Å². The zero-order valence-corrected chi connectivity index (χ0v) is 10.8. The van der Waals surface area contributed by atoms with Gasteiger partial charge in [0.25, 0.3) is 10.1 Å². The van der Waals surface area contributed by atoms with E-state index in [4.69, 9.17) is 4.55 Å². The van der Waals surface area contributed by atoms with Gasteiger partial charge in [0.05, 0.1) is 0 Å². The normalized spacial score (nSPS) is 14.1. The van der Waals surface area contributed by atoms with Gasteiger partial charge in [-0.05, 0) is 12.0 Å². The third-order valence-corrected chi connectivity index (χ3v) is 3.47. The van der Waals surface area contributed by atoms with Crippen LogP contribution in [-0.2, 0) is 10.1 Å². The molecule has 94 valence electrons. The van der Waals surface area contributed by atoms with Crippen molar-refractivity contribution < 1.29 is 13.0 Å². The molecule has 1 unspecified atom stereocenters. The maximum atomic E-state index is 11.1. The van der Waals surface area contributed by atoms with Gasteiger partial charge in [0.1, 0.15) is 4.90 Å². The SMILES string of the molecule is CCC(C)C/N=C/c1ccccc1S(=O)(=O)O. The molecular weight excluding hydrogens is 238 g/mol. The van der Waals surface area contributed by atoms with Gasteiger partial charge in [-0.1, -0.05) is 38.5 Å². The van der Waals surface area contributed by atoms with Gasteiger partial charge in [-0.2, -0.15) is 8.42 Å². The Hall–Kier alpha value is -1.20. The fourth-order valence-electron chi connectivity index (χ4n) is 1.28. The molecule has 1 atom stereocenters. The van der Waals surface area contributed by atoms with Gasteiger partial charge >= 0.3 is 0 Å². The molecule has 4 nitrogen and oxygen atoms in total. The smallest absolute Gasteiger partial charge is 0.292 e. The Morgan fingerprint density at radius 1 is 1.41 bits per heavy atom. The molecule has 0 aliphatic rings. The van der Waals surface area contributed by atoms with Crippen molar-refractivity contribution in [1.29, 1.82) is 0 Å². The summed E-state index contributed by atoms with van der Waals surface area (Å²) in [6.45, 7) is 4.80. The summed E-state index contributed by atoms with van der Waals surface area (Å²) in [5.41, 5.74) is 0.415. The standard InChI is InChI=1S/C12H17NO3S/c1-3-10(2)8-13-9-11-6-4-5-7-12(11)17(14,15)16/h4-7,9-10H,3,8H2,1-2H3,(H,14,15,16)/b13-9+. The summed E-state index contributed by atoms with van der Waals surface area (Å²) in [6, 6.07) is 6.25. The van der Waals surface area contributed by atoms with E-state index >= 15 is 0 Å². The van der Waals surface area contributed by atoms with Crippen LogP contribution in [0.15, 0.2) is 34.2 Å². The molecule has 1 N–H and O–H groups in total. The first-order chi connectivity index (χ1) is 7.95. The zero-order chi connectivity index (χ0) is 12.9. The minimum atomic E-state index is -4.18. The maximum Gasteiger partial charge on any atom is 0.295 e. The average molecular weight is 255 g/mol. The third kappa shape index (κ3) is 4.28. The highest BCUT2D eigenvalue weighted by Gasteiger charge is 2.12. The van der Waals surface area contributed by atoms with Crippen molar-refractivity contribution in [3.8, 4) is 0 Å². The van der Waals surface area contributed by atoms with Crippen molar-refractivity contribution >= 4 is 16.3 Å². The molecule has 0 radical (unpaired) electrons. The molecule has 0 heterocycles. The van der Waals surface area contributed by atoms with Gasteiger partial charge in [-0.25, -0.2) is 0 Å². The number of nitrogens with zero attached hydrogens (tertiary/aromatic N) is 1. The number of benzene rings is 1. The molecule has 17 heavy (non-hydrogen) atoms. The van der Waals surface area contributed by atoms with Crippen molar-refractivity contribution in [1.82, 2.24) is 0 Å². The van der Waals surface area contributed by atoms with E-state index in [0.717, 1.165) is 6.42 Å². The summed E-state index contributed by atoms with van der Waals surface area (Å²) in [7, 11) is -4.18. The van der Waals surface area contributed by atoms with E-state index in [2.05, 4.69) is 18.8 Å². The first-order valence-corrected chi connectivity index (χ1v) is 6.95. The molecule has 1 aromatic rings. The van der Waals surface area contributed by atoms with Crippen LogP contribution in [0, 0.1) is 5.92 Å². The van der Waals surface area contributed by atoms with Crippen LogP contribution in [0.1, 0.15) is 25.8 Å². The van der Waals surface area contributed by atoms with E-state index in [-0.39, 0.29) is 4.90 Å². The van der Waals surface area contributed by atoms with Crippen molar-refractivity contribution in [3.05, 3.63) is 29.8 Å². The largest absolute Gasteiger partial charge is 0.295 e. The summed E-state index contributed by atoms with van der Waals surface area (Å²) >= 11 is 0. The highest BCUT2D eigenvalue weighted by atomic mass is 32.2. The van der Waals surface area contributed by atoms with Crippen LogP contribution < -0.4 is 0 Å². The average Bonchev–Trinajstić information content (AvgIpc) is 2.28. The lowest BCUT2D eigenvalue weighted by Gasteiger charge is -2.04.